The van der Waals surface area contributed by atoms with Gasteiger partial charge in [0, 0.05) is 34.6 Å². The summed E-state index contributed by atoms with van der Waals surface area (Å²) in [5.41, 5.74) is 6.64. The highest BCUT2D eigenvalue weighted by molar-refractivity contribution is 6.25. The summed E-state index contributed by atoms with van der Waals surface area (Å²) in [6.45, 7) is 0. The zero-order valence-corrected chi connectivity index (χ0v) is 25.1. The normalized spacial score (nSPS) is 11.5. The first-order valence-corrected chi connectivity index (χ1v) is 15.5. The van der Waals surface area contributed by atoms with Gasteiger partial charge in [0.15, 0.2) is 17.5 Å². The van der Waals surface area contributed by atoms with E-state index in [1.165, 1.54) is 50.0 Å². The lowest BCUT2D eigenvalue weighted by molar-refractivity contribution is 0.628. The molecule has 0 radical (unpaired) electrons. The predicted molar refractivity (Wildman–Crippen MR) is 188 cm³/mol. The Labute approximate surface area is 270 Å². The Morgan fingerprint density at radius 2 is 0.979 bits per heavy atom. The van der Waals surface area contributed by atoms with Crippen molar-refractivity contribution in [2.45, 2.75) is 0 Å². The summed E-state index contributed by atoms with van der Waals surface area (Å²) in [4.78, 5) is 19.1. The molecule has 0 amide bonds. The van der Waals surface area contributed by atoms with Crippen molar-refractivity contribution in [3.63, 3.8) is 0 Å². The Balaban J connectivity index is 1.18. The Kier molecular flexibility index (Phi) is 6.28. The Morgan fingerprint density at radius 1 is 0.383 bits per heavy atom. The number of pyridine rings is 1. The molecule has 0 fully saturated rings. The number of rotatable bonds is 5. The van der Waals surface area contributed by atoms with Gasteiger partial charge in [-0.3, -0.25) is 4.98 Å². The molecule has 4 nitrogen and oxygen atoms in total. The lowest BCUT2D eigenvalue weighted by Crippen LogP contribution is -2.01. The van der Waals surface area contributed by atoms with Crippen molar-refractivity contribution in [1.29, 1.82) is 0 Å². The summed E-state index contributed by atoms with van der Waals surface area (Å²) in [7, 11) is 0. The largest absolute Gasteiger partial charge is 0.264 e. The van der Waals surface area contributed by atoms with Crippen molar-refractivity contribution in [2.24, 2.45) is 0 Å². The Morgan fingerprint density at radius 3 is 1.68 bits per heavy atom. The summed E-state index contributed by atoms with van der Waals surface area (Å²) in [6, 6.07) is 46.3. The molecule has 5 heteroatoms. The van der Waals surface area contributed by atoms with Crippen molar-refractivity contribution in [3.8, 4) is 56.4 Å². The summed E-state index contributed by atoms with van der Waals surface area (Å²) in [5.74, 6) is 1.23. The monoisotopic (exact) mass is 604 g/mol. The summed E-state index contributed by atoms with van der Waals surface area (Å²) < 4.78 is 13.9. The van der Waals surface area contributed by atoms with Crippen LogP contribution in [0.4, 0.5) is 4.39 Å². The van der Waals surface area contributed by atoms with Crippen LogP contribution in [-0.4, -0.2) is 19.9 Å². The molecule has 2 aromatic heterocycles. The molecule has 0 aliphatic carbocycles. The lowest BCUT2D eigenvalue weighted by Gasteiger charge is -2.14. The van der Waals surface area contributed by atoms with Crippen LogP contribution in [0.1, 0.15) is 0 Å². The van der Waals surface area contributed by atoms with Gasteiger partial charge in [-0.25, -0.2) is 19.3 Å². The second kappa shape index (κ2) is 10.9. The van der Waals surface area contributed by atoms with Gasteiger partial charge in [0.05, 0.1) is 0 Å². The lowest BCUT2D eigenvalue weighted by atomic mass is 9.90. The van der Waals surface area contributed by atoms with E-state index in [9.17, 15) is 4.39 Å². The second-order valence-electron chi connectivity index (χ2n) is 11.6. The molecule has 0 N–H and O–H groups in total. The highest BCUT2D eigenvalue weighted by Crippen LogP contribution is 2.40. The van der Waals surface area contributed by atoms with Gasteiger partial charge >= 0.3 is 0 Å². The first-order chi connectivity index (χ1) is 23.2. The smallest absolute Gasteiger partial charge is 0.164 e. The van der Waals surface area contributed by atoms with Gasteiger partial charge in [-0.15, -0.1) is 0 Å². The number of aromatic nitrogens is 4. The third-order valence-electron chi connectivity index (χ3n) is 8.86. The highest BCUT2D eigenvalue weighted by atomic mass is 19.1. The maximum atomic E-state index is 13.9. The van der Waals surface area contributed by atoms with Gasteiger partial charge < -0.3 is 0 Å². The minimum absolute atomic E-state index is 0.312. The van der Waals surface area contributed by atoms with Gasteiger partial charge in [-0.2, -0.15) is 0 Å². The molecule has 0 saturated carbocycles. The summed E-state index contributed by atoms with van der Waals surface area (Å²) in [5, 5.41) is 7.57. The van der Waals surface area contributed by atoms with E-state index in [-0.39, 0.29) is 5.82 Å². The second-order valence-corrected chi connectivity index (χ2v) is 11.6. The number of halogens is 1. The topological polar surface area (TPSA) is 51.6 Å². The first-order valence-electron chi connectivity index (χ1n) is 15.5. The van der Waals surface area contributed by atoms with Crippen LogP contribution in [0.3, 0.4) is 0 Å². The molecule has 0 unspecified atom stereocenters. The fourth-order valence-corrected chi connectivity index (χ4v) is 6.59. The van der Waals surface area contributed by atoms with Gasteiger partial charge in [-0.1, -0.05) is 109 Å². The molecule has 9 aromatic rings. The van der Waals surface area contributed by atoms with Crippen molar-refractivity contribution in [3.05, 3.63) is 158 Å². The quantitative estimate of drug-likeness (QED) is 0.183. The van der Waals surface area contributed by atoms with E-state index in [0.29, 0.717) is 23.0 Å². The fraction of sp³-hybridized carbons (Fsp3) is 0. The number of hydrogen-bond acceptors (Lipinski definition) is 4. The van der Waals surface area contributed by atoms with Crippen LogP contribution in [-0.2, 0) is 0 Å². The summed E-state index contributed by atoms with van der Waals surface area (Å²) in [6.07, 6.45) is 3.59. The van der Waals surface area contributed by atoms with Crippen LogP contribution >= 0.6 is 0 Å². The van der Waals surface area contributed by atoms with Crippen molar-refractivity contribution < 1.29 is 4.39 Å². The zero-order valence-electron chi connectivity index (χ0n) is 25.1. The molecule has 0 bridgehead atoms. The van der Waals surface area contributed by atoms with Gasteiger partial charge in [-0.05, 0) is 79.3 Å². The minimum Gasteiger partial charge on any atom is -0.264 e. The molecule has 0 aliphatic rings. The van der Waals surface area contributed by atoms with Crippen molar-refractivity contribution >= 4 is 32.3 Å². The third-order valence-corrected chi connectivity index (χ3v) is 8.86. The molecule has 220 valence electrons. The van der Waals surface area contributed by atoms with Crippen molar-refractivity contribution in [2.75, 3.05) is 0 Å². The van der Waals surface area contributed by atoms with Crippen LogP contribution < -0.4 is 0 Å². The van der Waals surface area contributed by atoms with Gasteiger partial charge in [0.1, 0.15) is 5.82 Å². The average Bonchev–Trinajstić information content (AvgIpc) is 3.14. The number of benzene rings is 7. The SMILES string of the molecule is Fc1ccc(-c2nc(-c3ccc(-c4ccc5ccc6cccc7ccc4c5c67)cc3)nc(-c3ccccc3-c3cccnc3)n2)cc1. The van der Waals surface area contributed by atoms with E-state index < -0.39 is 0 Å². The molecular weight excluding hydrogens is 579 g/mol. The molecule has 9 rings (SSSR count). The molecule has 0 aliphatic heterocycles. The first kappa shape index (κ1) is 27.0. The van der Waals surface area contributed by atoms with Crippen LogP contribution in [0, 0.1) is 5.82 Å². The van der Waals surface area contributed by atoms with E-state index in [1.807, 2.05) is 42.6 Å². The zero-order chi connectivity index (χ0) is 31.3. The molecular formula is C42H25FN4. The molecule has 47 heavy (non-hydrogen) atoms. The molecule has 0 saturated heterocycles. The molecule has 0 spiro atoms. The maximum Gasteiger partial charge on any atom is 0.164 e. The summed E-state index contributed by atoms with van der Waals surface area (Å²) >= 11 is 0. The third kappa shape index (κ3) is 4.68. The van der Waals surface area contributed by atoms with E-state index >= 15 is 0 Å². The van der Waals surface area contributed by atoms with Gasteiger partial charge in [0.25, 0.3) is 0 Å². The van der Waals surface area contributed by atoms with Crippen LogP contribution in [0.15, 0.2) is 152 Å². The maximum absolute atomic E-state index is 13.9. The Hall–Kier alpha value is -6.33. The number of hydrogen-bond donors (Lipinski definition) is 0. The van der Waals surface area contributed by atoms with Crippen LogP contribution in [0.5, 0.6) is 0 Å². The van der Waals surface area contributed by atoms with Crippen LogP contribution in [0.2, 0.25) is 0 Å². The van der Waals surface area contributed by atoms with Gasteiger partial charge in [0.2, 0.25) is 0 Å². The highest BCUT2D eigenvalue weighted by Gasteiger charge is 2.17. The molecule has 7 aromatic carbocycles. The van der Waals surface area contributed by atoms with Crippen molar-refractivity contribution in [1.82, 2.24) is 19.9 Å². The van der Waals surface area contributed by atoms with E-state index in [2.05, 4.69) is 83.8 Å². The fourth-order valence-electron chi connectivity index (χ4n) is 6.59. The Bertz CT molecular complexity index is 2550. The number of nitrogens with zero attached hydrogens (tertiary/aromatic N) is 4. The van der Waals surface area contributed by atoms with E-state index in [0.717, 1.165) is 27.8 Å². The average molecular weight is 605 g/mol. The predicted octanol–water partition coefficient (Wildman–Crippen LogP) is 10.6. The van der Waals surface area contributed by atoms with E-state index in [1.54, 1.807) is 18.3 Å². The molecule has 0 atom stereocenters. The van der Waals surface area contributed by atoms with E-state index in [4.69, 9.17) is 15.0 Å². The minimum atomic E-state index is -0.312. The van der Waals surface area contributed by atoms with Crippen LogP contribution in [0.25, 0.3) is 88.7 Å². The molecule has 2 heterocycles. The standard InChI is InChI=1S/C42H25FN4/c43-33-20-16-31(17-21-33)41-45-40(46-42(47-41)37-9-2-1-8-34(37)32-7-4-24-44-25-32)30-14-10-26(11-15-30)35-22-18-29-13-12-27-5-3-6-28-19-23-36(35)39(29)38(27)28/h1-25H.